The summed E-state index contributed by atoms with van der Waals surface area (Å²) in [5.74, 6) is -1.65. The zero-order chi connectivity index (χ0) is 25.4. The Morgan fingerprint density at radius 2 is 1.72 bits per heavy atom. The molecule has 3 aliphatic rings. The Labute approximate surface area is 209 Å². The van der Waals surface area contributed by atoms with Gasteiger partial charge in [-0.3, -0.25) is 9.69 Å². The highest BCUT2D eigenvalue weighted by Gasteiger charge is 2.32. The van der Waals surface area contributed by atoms with Crippen molar-refractivity contribution in [2.24, 2.45) is 0 Å². The number of pyridine rings is 1. The van der Waals surface area contributed by atoms with E-state index >= 15 is 4.39 Å². The fourth-order valence-electron chi connectivity index (χ4n) is 5.67. The monoisotopic (exact) mass is 502 g/mol. The molecule has 0 radical (unpaired) electrons. The van der Waals surface area contributed by atoms with Crippen LogP contribution >= 0.6 is 0 Å². The van der Waals surface area contributed by atoms with Crippen LogP contribution in [0.15, 0.2) is 17.1 Å². The summed E-state index contributed by atoms with van der Waals surface area (Å²) in [7, 11) is 1.46. The minimum atomic E-state index is -1.32. The number of aromatic carboxylic acids is 1. The lowest BCUT2D eigenvalue weighted by atomic mass is 10.1. The van der Waals surface area contributed by atoms with Gasteiger partial charge >= 0.3 is 5.97 Å². The average Bonchev–Trinajstić information content (AvgIpc) is 3.70. The van der Waals surface area contributed by atoms with E-state index in [1.54, 1.807) is 4.57 Å². The van der Waals surface area contributed by atoms with Gasteiger partial charge in [-0.15, -0.1) is 0 Å². The molecule has 0 spiro atoms. The lowest BCUT2D eigenvalue weighted by molar-refractivity contribution is 0.0651. The van der Waals surface area contributed by atoms with E-state index in [1.165, 1.54) is 32.6 Å². The van der Waals surface area contributed by atoms with Gasteiger partial charge in [0, 0.05) is 51.5 Å². The van der Waals surface area contributed by atoms with Crippen molar-refractivity contribution >= 4 is 22.6 Å². The van der Waals surface area contributed by atoms with Gasteiger partial charge < -0.3 is 29.3 Å². The van der Waals surface area contributed by atoms with Gasteiger partial charge in [-0.2, -0.15) is 0 Å². The molecule has 0 bridgehead atoms. The molecular weight excluding hydrogens is 467 g/mol. The lowest BCUT2D eigenvalue weighted by Gasteiger charge is -2.38. The number of carbonyl (C=O) groups is 1. The van der Waals surface area contributed by atoms with Gasteiger partial charge in [0.2, 0.25) is 5.43 Å². The largest absolute Gasteiger partial charge is 0.492 e. The number of rotatable bonds is 8. The second-order valence-electron chi connectivity index (χ2n) is 10.3. The van der Waals surface area contributed by atoms with Crippen LogP contribution in [0.4, 0.5) is 10.1 Å². The number of aromatic nitrogens is 1. The number of benzene rings is 1. The molecule has 1 aromatic carbocycles. The number of hydrogen-bond acceptors (Lipinski definition) is 7. The first kappa shape index (κ1) is 25.0. The van der Waals surface area contributed by atoms with Crippen molar-refractivity contribution in [3.63, 3.8) is 0 Å². The number of ether oxygens (including phenoxy) is 1. The summed E-state index contributed by atoms with van der Waals surface area (Å²) < 4.78 is 23.0. The molecule has 0 amide bonds. The van der Waals surface area contributed by atoms with E-state index in [4.69, 9.17) is 4.74 Å². The standard InChI is InChI=1S/C26H35FN4O5/c1-36-25-22-19(24(33)20(26(34)35)16-31(22)17-5-6-17)13-21(27)23(25)30-11-9-29(10-12-30)15-18(32)14-28-7-3-2-4-8-28/h13,16-18,32H,2-12,14-15H2,1H3,(H,34,35). The van der Waals surface area contributed by atoms with E-state index < -0.39 is 23.3 Å². The number of carboxylic acids is 1. The smallest absolute Gasteiger partial charge is 0.341 e. The SMILES string of the molecule is COc1c(N2CCN(CC(O)CN3CCCCC3)CC2)c(F)cc2c(=O)c(C(=O)O)cn(C3CC3)c12. The molecule has 36 heavy (non-hydrogen) atoms. The van der Waals surface area contributed by atoms with Gasteiger partial charge in [-0.05, 0) is 44.8 Å². The number of nitrogens with zero attached hydrogens (tertiary/aromatic N) is 4. The van der Waals surface area contributed by atoms with E-state index in [9.17, 15) is 19.8 Å². The second-order valence-corrected chi connectivity index (χ2v) is 10.3. The van der Waals surface area contributed by atoms with Crippen molar-refractivity contribution in [2.45, 2.75) is 44.2 Å². The van der Waals surface area contributed by atoms with Crippen LogP contribution in [-0.4, -0.2) is 96.1 Å². The fraction of sp³-hybridized carbons (Fsp3) is 0.615. The molecule has 10 heteroatoms. The van der Waals surface area contributed by atoms with Crippen LogP contribution in [0.1, 0.15) is 48.5 Å². The predicted octanol–water partition coefficient (Wildman–Crippen LogP) is 2.15. The predicted molar refractivity (Wildman–Crippen MR) is 135 cm³/mol. The summed E-state index contributed by atoms with van der Waals surface area (Å²) in [6, 6.07) is 1.23. The number of hydrogen-bond donors (Lipinski definition) is 2. The zero-order valence-electron chi connectivity index (χ0n) is 20.8. The fourth-order valence-corrected chi connectivity index (χ4v) is 5.67. The molecule has 1 atom stereocenters. The Kier molecular flexibility index (Phi) is 7.18. The molecule has 1 saturated carbocycles. The minimum Gasteiger partial charge on any atom is -0.492 e. The van der Waals surface area contributed by atoms with Gasteiger partial charge in [-0.1, -0.05) is 6.42 Å². The number of carboxylic acid groups (broad SMARTS) is 1. The first-order valence-corrected chi connectivity index (χ1v) is 12.9. The summed E-state index contributed by atoms with van der Waals surface area (Å²) in [6.45, 7) is 5.81. The lowest BCUT2D eigenvalue weighted by Crippen LogP contribution is -2.50. The normalized spacial score (nSPS) is 20.6. The Balaban J connectivity index is 1.37. The van der Waals surface area contributed by atoms with Crippen molar-refractivity contribution in [3.05, 3.63) is 33.9 Å². The number of piperazine rings is 1. The Bertz CT molecular complexity index is 1180. The molecule has 5 rings (SSSR count). The number of aliphatic hydroxyl groups excluding tert-OH is 1. The number of fused-ring (bicyclic) bond motifs is 1. The van der Waals surface area contributed by atoms with E-state index in [2.05, 4.69) is 9.80 Å². The zero-order valence-corrected chi connectivity index (χ0v) is 20.8. The second kappa shape index (κ2) is 10.4. The number of anilines is 1. The number of β-amino-alcohol motifs (C(OH)–C–C–N with tert-alkyl or cyclic N) is 1. The van der Waals surface area contributed by atoms with E-state index in [-0.39, 0.29) is 22.7 Å². The van der Waals surface area contributed by atoms with Crippen LogP contribution in [0.5, 0.6) is 5.75 Å². The molecule has 1 aromatic heterocycles. The maximum absolute atomic E-state index is 15.5. The van der Waals surface area contributed by atoms with Gasteiger partial charge in [0.1, 0.15) is 11.3 Å². The van der Waals surface area contributed by atoms with Crippen molar-refractivity contribution in [2.75, 3.05) is 64.4 Å². The third-order valence-electron chi connectivity index (χ3n) is 7.65. The van der Waals surface area contributed by atoms with Crippen molar-refractivity contribution in [3.8, 4) is 5.75 Å². The Hall–Kier alpha value is -2.69. The molecule has 2 saturated heterocycles. The maximum atomic E-state index is 15.5. The summed E-state index contributed by atoms with van der Waals surface area (Å²) in [5, 5.41) is 20.1. The Morgan fingerprint density at radius 1 is 1.08 bits per heavy atom. The summed E-state index contributed by atoms with van der Waals surface area (Å²) in [4.78, 5) is 31.0. The van der Waals surface area contributed by atoms with Crippen LogP contribution in [0.25, 0.3) is 10.9 Å². The van der Waals surface area contributed by atoms with Gasteiger partial charge in [0.25, 0.3) is 0 Å². The van der Waals surface area contributed by atoms with E-state index in [1.807, 2.05) is 4.90 Å². The number of aliphatic hydroxyl groups is 1. The molecule has 9 nitrogen and oxygen atoms in total. The van der Waals surface area contributed by atoms with Gasteiger partial charge in [-0.25, -0.2) is 9.18 Å². The maximum Gasteiger partial charge on any atom is 0.341 e. The molecule has 2 aromatic rings. The third kappa shape index (κ3) is 4.94. The molecule has 1 unspecified atom stereocenters. The first-order valence-electron chi connectivity index (χ1n) is 12.9. The highest BCUT2D eigenvalue weighted by molar-refractivity contribution is 5.97. The van der Waals surface area contributed by atoms with Crippen molar-refractivity contribution in [1.29, 1.82) is 0 Å². The van der Waals surface area contributed by atoms with Gasteiger partial charge in [0.15, 0.2) is 11.6 Å². The van der Waals surface area contributed by atoms with Crippen LogP contribution in [-0.2, 0) is 0 Å². The number of halogens is 1. The summed E-state index contributed by atoms with van der Waals surface area (Å²) in [6.07, 6.45) is 6.33. The van der Waals surface area contributed by atoms with Gasteiger partial charge in [0.05, 0.1) is 24.1 Å². The molecular formula is C26H35FN4O5. The highest BCUT2D eigenvalue weighted by Crippen LogP contribution is 2.43. The minimum absolute atomic E-state index is 0.0272. The Morgan fingerprint density at radius 3 is 2.31 bits per heavy atom. The third-order valence-corrected chi connectivity index (χ3v) is 7.65. The van der Waals surface area contributed by atoms with E-state index in [0.717, 1.165) is 32.0 Å². The average molecular weight is 503 g/mol. The van der Waals surface area contributed by atoms with Crippen LogP contribution in [0, 0.1) is 5.82 Å². The topological polar surface area (TPSA) is 98.5 Å². The van der Waals surface area contributed by atoms with E-state index in [0.29, 0.717) is 50.5 Å². The first-order chi connectivity index (χ1) is 17.4. The van der Waals surface area contributed by atoms with Crippen molar-refractivity contribution in [1.82, 2.24) is 14.4 Å². The molecule has 3 fully saturated rings. The molecule has 1 aliphatic carbocycles. The van der Waals surface area contributed by atoms with Crippen molar-refractivity contribution < 1.29 is 24.1 Å². The quantitative estimate of drug-likeness (QED) is 0.567. The number of piperidine rings is 1. The van der Waals surface area contributed by atoms with Crippen LogP contribution in [0.3, 0.4) is 0 Å². The molecule has 2 N–H and O–H groups in total. The summed E-state index contributed by atoms with van der Waals surface area (Å²) in [5.41, 5.74) is -0.313. The highest BCUT2D eigenvalue weighted by atomic mass is 19.1. The summed E-state index contributed by atoms with van der Waals surface area (Å²) >= 11 is 0. The van der Waals surface area contributed by atoms with Crippen LogP contribution < -0.4 is 15.1 Å². The molecule has 196 valence electrons. The molecule has 3 heterocycles. The number of methoxy groups -OCH3 is 1. The molecule has 2 aliphatic heterocycles. The van der Waals surface area contributed by atoms with Crippen LogP contribution in [0.2, 0.25) is 0 Å². The number of likely N-dealkylation sites (tertiary alicyclic amines) is 1.